The summed E-state index contributed by atoms with van der Waals surface area (Å²) in [5.41, 5.74) is 0.916. The van der Waals surface area contributed by atoms with Crippen LogP contribution in [0.2, 0.25) is 0 Å². The second-order valence-corrected chi connectivity index (χ2v) is 7.06. The molecule has 0 unspecified atom stereocenters. The lowest BCUT2D eigenvalue weighted by atomic mass is 10.0. The first-order valence-electron chi connectivity index (χ1n) is 8.53. The Labute approximate surface area is 150 Å². The molecule has 0 aliphatic carbocycles. The van der Waals surface area contributed by atoms with Crippen LogP contribution in [-0.2, 0) is 4.79 Å². The fourth-order valence-electron chi connectivity index (χ4n) is 3.15. The summed E-state index contributed by atoms with van der Waals surface area (Å²) in [4.78, 5) is 14.2. The van der Waals surface area contributed by atoms with E-state index in [0.717, 1.165) is 42.3 Å². The highest BCUT2D eigenvalue weighted by atomic mass is 32.2. The van der Waals surface area contributed by atoms with Crippen LogP contribution in [-0.4, -0.2) is 39.8 Å². The van der Waals surface area contributed by atoms with E-state index in [2.05, 4.69) is 22.3 Å². The van der Waals surface area contributed by atoms with Crippen molar-refractivity contribution in [3.05, 3.63) is 42.5 Å². The van der Waals surface area contributed by atoms with E-state index < -0.39 is 0 Å². The number of fused-ring (bicyclic) bond motifs is 1. The molecule has 0 N–H and O–H groups in total. The van der Waals surface area contributed by atoms with Crippen LogP contribution in [0.4, 0.5) is 0 Å². The highest BCUT2D eigenvalue weighted by Gasteiger charge is 2.18. The Morgan fingerprint density at radius 2 is 1.84 bits per heavy atom. The minimum absolute atomic E-state index is 0.148. The first kappa shape index (κ1) is 16.1. The Balaban J connectivity index is 1.47. The number of aromatic nitrogens is 2. The second kappa shape index (κ2) is 7.27. The molecular formula is C19H19N3O2S. The molecular weight excluding hydrogens is 334 g/mol. The predicted octanol–water partition coefficient (Wildman–Crippen LogP) is 3.99. The first-order chi connectivity index (χ1) is 12.3. The van der Waals surface area contributed by atoms with Crippen LogP contribution in [0.3, 0.4) is 0 Å². The van der Waals surface area contributed by atoms with Crippen molar-refractivity contribution in [2.24, 2.45) is 0 Å². The fourth-order valence-corrected chi connectivity index (χ4v) is 3.81. The molecule has 6 heteroatoms. The van der Waals surface area contributed by atoms with Crippen molar-refractivity contribution < 1.29 is 9.21 Å². The van der Waals surface area contributed by atoms with Gasteiger partial charge in [0.1, 0.15) is 0 Å². The van der Waals surface area contributed by atoms with Crippen LogP contribution in [0.1, 0.15) is 19.3 Å². The minimum Gasteiger partial charge on any atom is -0.411 e. The molecule has 0 radical (unpaired) electrons. The molecule has 0 saturated carbocycles. The van der Waals surface area contributed by atoms with Crippen LogP contribution < -0.4 is 0 Å². The Morgan fingerprint density at radius 1 is 1.04 bits per heavy atom. The highest BCUT2D eigenvalue weighted by Crippen LogP contribution is 2.29. The molecule has 1 saturated heterocycles. The average molecular weight is 353 g/mol. The summed E-state index contributed by atoms with van der Waals surface area (Å²) in [6.07, 6.45) is 3.42. The number of thioether (sulfide) groups is 1. The quantitative estimate of drug-likeness (QED) is 0.664. The van der Waals surface area contributed by atoms with Crippen LogP contribution >= 0.6 is 11.8 Å². The van der Waals surface area contributed by atoms with E-state index in [0.29, 0.717) is 16.9 Å². The fraction of sp³-hybridized carbons (Fsp3) is 0.316. The van der Waals surface area contributed by atoms with Gasteiger partial charge in [0.15, 0.2) is 0 Å². The zero-order chi connectivity index (χ0) is 17.1. The number of nitrogens with zero attached hydrogens (tertiary/aromatic N) is 3. The third kappa shape index (κ3) is 3.54. The molecule has 4 rings (SSSR count). The summed E-state index contributed by atoms with van der Waals surface area (Å²) in [5, 5.41) is 10.9. The van der Waals surface area contributed by atoms with Crippen LogP contribution in [0.5, 0.6) is 0 Å². The number of rotatable bonds is 4. The smallest absolute Gasteiger partial charge is 0.277 e. The summed E-state index contributed by atoms with van der Waals surface area (Å²) in [6.45, 7) is 1.73. The lowest BCUT2D eigenvalue weighted by molar-refractivity contribution is -0.129. The molecule has 1 amide bonds. The van der Waals surface area contributed by atoms with E-state index in [1.54, 1.807) is 0 Å². The Hall–Kier alpha value is -2.34. The number of likely N-dealkylation sites (tertiary alicyclic amines) is 1. The number of carbonyl (C=O) groups excluding carboxylic acids is 1. The van der Waals surface area contributed by atoms with Crippen LogP contribution in [0.15, 0.2) is 52.1 Å². The predicted molar refractivity (Wildman–Crippen MR) is 98.4 cm³/mol. The van der Waals surface area contributed by atoms with Crippen molar-refractivity contribution in [1.29, 1.82) is 0 Å². The van der Waals surface area contributed by atoms with E-state index >= 15 is 0 Å². The second-order valence-electron chi connectivity index (χ2n) is 6.13. The summed E-state index contributed by atoms with van der Waals surface area (Å²) < 4.78 is 5.79. The van der Waals surface area contributed by atoms with Gasteiger partial charge in [-0.25, -0.2) is 0 Å². The van der Waals surface area contributed by atoms with Gasteiger partial charge in [-0.2, -0.15) is 0 Å². The van der Waals surface area contributed by atoms with Crippen molar-refractivity contribution in [3.63, 3.8) is 0 Å². The summed E-state index contributed by atoms with van der Waals surface area (Å²) >= 11 is 1.31. The van der Waals surface area contributed by atoms with Crippen LogP contribution in [0, 0.1) is 0 Å². The van der Waals surface area contributed by atoms with Gasteiger partial charge in [0.2, 0.25) is 11.8 Å². The highest BCUT2D eigenvalue weighted by molar-refractivity contribution is 7.99. The molecule has 2 aromatic carbocycles. The zero-order valence-electron chi connectivity index (χ0n) is 13.9. The lowest BCUT2D eigenvalue weighted by Gasteiger charge is -2.26. The third-order valence-corrected chi connectivity index (χ3v) is 5.26. The molecule has 25 heavy (non-hydrogen) atoms. The average Bonchev–Trinajstić information content (AvgIpc) is 3.15. The molecule has 0 atom stereocenters. The maximum Gasteiger partial charge on any atom is 0.277 e. The minimum atomic E-state index is 0.148. The molecule has 1 aromatic heterocycles. The molecule has 128 valence electrons. The summed E-state index contributed by atoms with van der Waals surface area (Å²) in [5.74, 6) is 0.983. The SMILES string of the molecule is O=C(CSc1nnc(-c2cccc3ccccc23)o1)N1CCCCC1. The standard InChI is InChI=1S/C19H19N3O2S/c23-17(22-11-4-1-5-12-22)13-25-19-21-20-18(24-19)16-10-6-8-14-7-2-3-9-15(14)16/h2-3,6-10H,1,4-5,11-13H2. The molecule has 0 bridgehead atoms. The van der Waals surface area contributed by atoms with Crippen molar-refractivity contribution in [3.8, 4) is 11.5 Å². The Morgan fingerprint density at radius 3 is 2.72 bits per heavy atom. The van der Waals surface area contributed by atoms with Gasteiger partial charge in [-0.3, -0.25) is 4.79 Å². The third-order valence-electron chi connectivity index (χ3n) is 4.45. The van der Waals surface area contributed by atoms with E-state index in [1.165, 1.54) is 18.2 Å². The van der Waals surface area contributed by atoms with Crippen LogP contribution in [0.25, 0.3) is 22.2 Å². The molecule has 3 aromatic rings. The maximum absolute atomic E-state index is 12.2. The summed E-state index contributed by atoms with van der Waals surface area (Å²) in [7, 11) is 0. The van der Waals surface area contributed by atoms with Gasteiger partial charge in [-0.1, -0.05) is 48.2 Å². The number of hydrogen-bond donors (Lipinski definition) is 0. The first-order valence-corrected chi connectivity index (χ1v) is 9.52. The largest absolute Gasteiger partial charge is 0.411 e. The van der Waals surface area contributed by atoms with Gasteiger partial charge in [0.05, 0.1) is 5.75 Å². The van der Waals surface area contributed by atoms with Gasteiger partial charge in [0, 0.05) is 18.7 Å². The van der Waals surface area contributed by atoms with Gasteiger partial charge >= 0.3 is 0 Å². The lowest BCUT2D eigenvalue weighted by Crippen LogP contribution is -2.36. The molecule has 0 spiro atoms. The van der Waals surface area contributed by atoms with Crippen molar-refractivity contribution in [1.82, 2.24) is 15.1 Å². The van der Waals surface area contributed by atoms with Gasteiger partial charge < -0.3 is 9.32 Å². The van der Waals surface area contributed by atoms with Gasteiger partial charge in [0.25, 0.3) is 5.22 Å². The Bertz CT molecular complexity index is 882. The van der Waals surface area contributed by atoms with Crippen molar-refractivity contribution in [2.75, 3.05) is 18.8 Å². The molecule has 1 aliphatic rings. The molecule has 1 fully saturated rings. The number of hydrogen-bond acceptors (Lipinski definition) is 5. The Kier molecular flexibility index (Phi) is 4.70. The van der Waals surface area contributed by atoms with Gasteiger partial charge in [-0.05, 0) is 36.1 Å². The zero-order valence-corrected chi connectivity index (χ0v) is 14.7. The van der Waals surface area contributed by atoms with Gasteiger partial charge in [-0.15, -0.1) is 10.2 Å². The number of piperidine rings is 1. The molecule has 2 heterocycles. The van der Waals surface area contributed by atoms with E-state index in [9.17, 15) is 4.79 Å². The number of carbonyl (C=O) groups is 1. The molecule has 5 nitrogen and oxygen atoms in total. The van der Waals surface area contributed by atoms with E-state index in [1.807, 2.05) is 35.2 Å². The van der Waals surface area contributed by atoms with E-state index in [-0.39, 0.29) is 5.91 Å². The summed E-state index contributed by atoms with van der Waals surface area (Å²) in [6, 6.07) is 14.1. The molecule has 1 aliphatic heterocycles. The van der Waals surface area contributed by atoms with E-state index in [4.69, 9.17) is 4.42 Å². The number of benzene rings is 2. The van der Waals surface area contributed by atoms with Crippen molar-refractivity contribution in [2.45, 2.75) is 24.5 Å². The monoisotopic (exact) mass is 353 g/mol. The normalized spacial score (nSPS) is 14.8. The number of amides is 1. The van der Waals surface area contributed by atoms with Crippen molar-refractivity contribution >= 4 is 28.4 Å². The topological polar surface area (TPSA) is 59.2 Å². The maximum atomic E-state index is 12.2.